The molecule has 3 rings (SSSR count). The number of nitro groups is 1. The van der Waals surface area contributed by atoms with Crippen molar-refractivity contribution in [3.8, 4) is 0 Å². The fourth-order valence-corrected chi connectivity index (χ4v) is 3.27. The van der Waals surface area contributed by atoms with E-state index in [0.29, 0.717) is 0 Å². The Balaban J connectivity index is 2.19. The molecule has 1 aromatic heterocycles. The Morgan fingerprint density at radius 3 is 2.56 bits per heavy atom. The molecule has 0 spiro atoms. The van der Waals surface area contributed by atoms with Gasteiger partial charge < -0.3 is 20.1 Å². The van der Waals surface area contributed by atoms with Crippen LogP contribution in [0.1, 0.15) is 5.56 Å². The molecule has 1 aromatic carbocycles. The third-order valence-electron chi connectivity index (χ3n) is 4.57. The third-order valence-corrected chi connectivity index (χ3v) is 4.57. The SMILES string of the molecule is O=c1ccn([C@]2(Cc3ccccc3[N+](=O)[O-])O[C@H](CO)[C@@H](O)[C@H]2O)c(=O)[nH]1. The molecule has 1 saturated heterocycles. The first-order valence-corrected chi connectivity index (χ1v) is 7.99. The number of aromatic amines is 1. The molecule has 11 heteroatoms. The second-order valence-corrected chi connectivity index (χ2v) is 6.16. The van der Waals surface area contributed by atoms with Gasteiger partial charge >= 0.3 is 5.69 Å². The second kappa shape index (κ2) is 7.04. The summed E-state index contributed by atoms with van der Waals surface area (Å²) in [4.78, 5) is 36.4. The zero-order chi connectivity index (χ0) is 19.8. The molecule has 27 heavy (non-hydrogen) atoms. The predicted octanol–water partition coefficient (Wildman–Crippen LogP) is -1.55. The average molecular weight is 379 g/mol. The van der Waals surface area contributed by atoms with Crippen molar-refractivity contribution >= 4 is 5.69 Å². The minimum Gasteiger partial charge on any atom is -0.394 e. The molecule has 4 N–H and O–H groups in total. The monoisotopic (exact) mass is 379 g/mol. The summed E-state index contributed by atoms with van der Waals surface area (Å²) in [6.45, 7) is -0.658. The molecular weight excluding hydrogens is 362 g/mol. The lowest BCUT2D eigenvalue weighted by Gasteiger charge is -2.33. The molecule has 2 aromatic rings. The quantitative estimate of drug-likeness (QED) is 0.358. The number of ether oxygens (including phenoxy) is 1. The third kappa shape index (κ3) is 3.17. The van der Waals surface area contributed by atoms with Crippen LogP contribution in [0.5, 0.6) is 0 Å². The lowest BCUT2D eigenvalue weighted by molar-refractivity contribution is -0.385. The van der Waals surface area contributed by atoms with Crippen molar-refractivity contribution in [2.45, 2.75) is 30.5 Å². The van der Waals surface area contributed by atoms with Crippen LogP contribution in [-0.2, 0) is 16.9 Å². The minimum atomic E-state index is -1.97. The first-order chi connectivity index (χ1) is 12.8. The van der Waals surface area contributed by atoms with Gasteiger partial charge in [0.25, 0.3) is 11.2 Å². The molecule has 1 fully saturated rings. The Bertz CT molecular complexity index is 970. The average Bonchev–Trinajstić information content (AvgIpc) is 2.87. The van der Waals surface area contributed by atoms with Crippen molar-refractivity contribution in [3.63, 3.8) is 0 Å². The molecule has 11 nitrogen and oxygen atoms in total. The molecule has 0 saturated carbocycles. The van der Waals surface area contributed by atoms with Crippen LogP contribution < -0.4 is 11.2 Å². The zero-order valence-electron chi connectivity index (χ0n) is 13.9. The van der Waals surface area contributed by atoms with E-state index in [1.54, 1.807) is 0 Å². The fraction of sp³-hybridized carbons (Fsp3) is 0.375. The zero-order valence-corrected chi connectivity index (χ0v) is 13.9. The van der Waals surface area contributed by atoms with Crippen LogP contribution in [0.3, 0.4) is 0 Å². The Morgan fingerprint density at radius 1 is 1.26 bits per heavy atom. The fourth-order valence-electron chi connectivity index (χ4n) is 3.27. The highest BCUT2D eigenvalue weighted by molar-refractivity contribution is 5.41. The van der Waals surface area contributed by atoms with Crippen LogP contribution in [0.15, 0.2) is 46.1 Å². The van der Waals surface area contributed by atoms with E-state index < -0.39 is 46.8 Å². The molecule has 1 aliphatic rings. The van der Waals surface area contributed by atoms with E-state index in [2.05, 4.69) is 0 Å². The van der Waals surface area contributed by atoms with Crippen LogP contribution in [0.4, 0.5) is 5.69 Å². The molecule has 4 atom stereocenters. The molecular formula is C16H17N3O8. The Labute approximate surface area is 151 Å². The number of para-hydroxylation sites is 1. The highest BCUT2D eigenvalue weighted by Crippen LogP contribution is 2.39. The number of aliphatic hydroxyl groups excluding tert-OH is 3. The summed E-state index contributed by atoms with van der Waals surface area (Å²) in [6.07, 6.45) is -3.81. The number of nitrogens with zero attached hydrogens (tertiary/aromatic N) is 2. The summed E-state index contributed by atoms with van der Waals surface area (Å²) in [5.41, 5.74) is -3.74. The number of hydrogen-bond acceptors (Lipinski definition) is 8. The maximum Gasteiger partial charge on any atom is 0.330 e. The highest BCUT2D eigenvalue weighted by atomic mass is 16.6. The van der Waals surface area contributed by atoms with Gasteiger partial charge in [-0.2, -0.15) is 0 Å². The van der Waals surface area contributed by atoms with E-state index in [9.17, 15) is 35.0 Å². The van der Waals surface area contributed by atoms with Crippen molar-refractivity contribution < 1.29 is 25.0 Å². The van der Waals surface area contributed by atoms with Gasteiger partial charge in [0, 0.05) is 30.3 Å². The molecule has 2 heterocycles. The Hall–Kier alpha value is -2.86. The molecule has 144 valence electrons. The van der Waals surface area contributed by atoms with E-state index in [4.69, 9.17) is 4.74 Å². The molecule has 0 aliphatic carbocycles. The Morgan fingerprint density at radius 2 is 1.96 bits per heavy atom. The van der Waals surface area contributed by atoms with Crippen molar-refractivity contribution in [3.05, 3.63) is 73.0 Å². The number of benzene rings is 1. The lowest BCUT2D eigenvalue weighted by Crippen LogP contribution is -2.53. The standard InChI is InChI=1S/C16H17N3O8/c20-8-11-13(22)14(23)16(27-11,18-6-5-12(21)17-15(18)24)7-9-3-1-2-4-10(9)19(25)26/h1-6,11,13-14,20,22-23H,7-8H2,(H,17,21,24)/t11-,13-,14-,16-/m1/s1. The number of H-pyrrole nitrogens is 1. The van der Waals surface area contributed by atoms with Crippen LogP contribution in [-0.4, -0.2) is 54.7 Å². The van der Waals surface area contributed by atoms with Gasteiger partial charge in [0.05, 0.1) is 11.5 Å². The van der Waals surface area contributed by atoms with Gasteiger partial charge in [-0.05, 0) is 0 Å². The molecule has 0 radical (unpaired) electrons. The van der Waals surface area contributed by atoms with Crippen LogP contribution in [0.2, 0.25) is 0 Å². The molecule has 0 bridgehead atoms. The normalized spacial score (nSPS) is 27.6. The van der Waals surface area contributed by atoms with Crippen molar-refractivity contribution in [1.82, 2.24) is 9.55 Å². The van der Waals surface area contributed by atoms with Crippen molar-refractivity contribution in [1.29, 1.82) is 0 Å². The summed E-state index contributed by atoms with van der Waals surface area (Å²) >= 11 is 0. The molecule has 0 unspecified atom stereocenters. The largest absolute Gasteiger partial charge is 0.394 e. The van der Waals surface area contributed by atoms with Crippen LogP contribution in [0.25, 0.3) is 0 Å². The van der Waals surface area contributed by atoms with E-state index in [-0.39, 0.29) is 17.7 Å². The first kappa shape index (κ1) is 18.9. The van der Waals surface area contributed by atoms with Gasteiger partial charge in [0.15, 0.2) is 5.72 Å². The summed E-state index contributed by atoms with van der Waals surface area (Å²) in [5, 5.41) is 41.6. The van der Waals surface area contributed by atoms with E-state index >= 15 is 0 Å². The summed E-state index contributed by atoms with van der Waals surface area (Å²) in [5.74, 6) is 0. The van der Waals surface area contributed by atoms with Gasteiger partial charge in [0.1, 0.15) is 18.3 Å². The first-order valence-electron chi connectivity index (χ1n) is 7.99. The summed E-state index contributed by atoms with van der Waals surface area (Å²) < 4.78 is 6.49. The van der Waals surface area contributed by atoms with Crippen molar-refractivity contribution in [2.75, 3.05) is 6.61 Å². The van der Waals surface area contributed by atoms with E-state index in [1.165, 1.54) is 24.3 Å². The second-order valence-electron chi connectivity index (χ2n) is 6.16. The van der Waals surface area contributed by atoms with Gasteiger partial charge in [0.2, 0.25) is 0 Å². The van der Waals surface area contributed by atoms with Gasteiger partial charge in [-0.1, -0.05) is 18.2 Å². The summed E-state index contributed by atoms with van der Waals surface area (Å²) in [6, 6.07) is 6.67. The molecule has 1 aliphatic heterocycles. The molecule has 0 amide bonds. The number of nitrogens with one attached hydrogen (secondary N) is 1. The smallest absolute Gasteiger partial charge is 0.330 e. The van der Waals surface area contributed by atoms with Crippen LogP contribution in [0, 0.1) is 10.1 Å². The number of aliphatic hydroxyl groups is 3. The number of aromatic nitrogens is 2. The highest BCUT2D eigenvalue weighted by Gasteiger charge is 2.56. The number of hydrogen-bond donors (Lipinski definition) is 4. The Kier molecular flexibility index (Phi) is 4.93. The van der Waals surface area contributed by atoms with Crippen molar-refractivity contribution in [2.24, 2.45) is 0 Å². The van der Waals surface area contributed by atoms with Crippen LogP contribution >= 0.6 is 0 Å². The number of rotatable bonds is 5. The van der Waals surface area contributed by atoms with Gasteiger partial charge in [-0.25, -0.2) is 4.79 Å². The number of nitro benzene ring substituents is 1. The van der Waals surface area contributed by atoms with Gasteiger partial charge in [-0.15, -0.1) is 0 Å². The maximum absolute atomic E-state index is 12.3. The lowest BCUT2D eigenvalue weighted by atomic mass is 9.94. The van der Waals surface area contributed by atoms with E-state index in [0.717, 1.165) is 16.8 Å². The predicted molar refractivity (Wildman–Crippen MR) is 90.1 cm³/mol. The summed E-state index contributed by atoms with van der Waals surface area (Å²) in [7, 11) is 0. The van der Waals surface area contributed by atoms with E-state index in [1.807, 2.05) is 4.98 Å². The maximum atomic E-state index is 12.3. The topological polar surface area (TPSA) is 168 Å². The minimum absolute atomic E-state index is 0.130. The van der Waals surface area contributed by atoms with Gasteiger partial charge in [-0.3, -0.25) is 24.5 Å².